The Kier molecular flexibility index (Phi) is 5.66. The number of likely N-dealkylation sites (tertiary alicyclic amines) is 1. The van der Waals surface area contributed by atoms with Crippen LogP contribution in [0, 0.1) is 0 Å². The van der Waals surface area contributed by atoms with Crippen LogP contribution in [0.4, 0.5) is 5.69 Å². The fraction of sp³-hybridized carbons (Fsp3) is 0.350. The van der Waals surface area contributed by atoms with E-state index in [-0.39, 0.29) is 5.91 Å². The quantitative estimate of drug-likeness (QED) is 0.752. The van der Waals surface area contributed by atoms with Gasteiger partial charge in [-0.15, -0.1) is 11.3 Å². The molecular formula is C20H20N2O6S. The molecule has 2 aliphatic heterocycles. The maximum Gasteiger partial charge on any atom is 0.329 e. The van der Waals surface area contributed by atoms with Crippen molar-refractivity contribution in [2.24, 2.45) is 0 Å². The molecule has 2 amide bonds. The van der Waals surface area contributed by atoms with Crippen molar-refractivity contribution in [3.8, 4) is 11.5 Å². The molecule has 1 fully saturated rings. The number of amides is 2. The van der Waals surface area contributed by atoms with E-state index in [2.05, 4.69) is 5.32 Å². The van der Waals surface area contributed by atoms with Crippen molar-refractivity contribution in [2.75, 3.05) is 31.7 Å². The standard InChI is InChI=1S/C20H20N2O6S/c23-18(21-13-5-6-15-16(11-13)27-9-8-26-15)12-28-20(25)14-3-1-7-22(14)19(24)17-4-2-10-29-17/h2,4-6,10-11,14H,1,3,7-9,12H2,(H,21,23)/t14-/m1/s1. The van der Waals surface area contributed by atoms with Gasteiger partial charge in [-0.2, -0.15) is 0 Å². The number of nitrogens with one attached hydrogen (secondary N) is 1. The maximum atomic E-state index is 12.5. The summed E-state index contributed by atoms with van der Waals surface area (Å²) in [7, 11) is 0. The smallest absolute Gasteiger partial charge is 0.329 e. The number of rotatable bonds is 5. The minimum atomic E-state index is -0.660. The predicted octanol–water partition coefficient (Wildman–Crippen LogP) is 2.31. The lowest BCUT2D eigenvalue weighted by molar-refractivity contribution is -0.151. The molecule has 152 valence electrons. The van der Waals surface area contributed by atoms with Gasteiger partial charge in [-0.05, 0) is 36.4 Å². The molecule has 1 aromatic carbocycles. The van der Waals surface area contributed by atoms with Gasteiger partial charge in [-0.25, -0.2) is 4.79 Å². The van der Waals surface area contributed by atoms with E-state index in [0.717, 1.165) is 6.42 Å². The van der Waals surface area contributed by atoms with Gasteiger partial charge in [-0.3, -0.25) is 9.59 Å². The Morgan fingerprint density at radius 2 is 2.00 bits per heavy atom. The SMILES string of the molecule is O=C(COC(=O)[C@H]1CCCN1C(=O)c1cccs1)Nc1ccc2c(c1)OCCO2. The Bertz CT molecular complexity index is 914. The number of esters is 1. The van der Waals surface area contributed by atoms with Crippen molar-refractivity contribution >= 4 is 34.8 Å². The molecule has 8 nitrogen and oxygen atoms in total. The van der Waals surface area contributed by atoms with Crippen molar-refractivity contribution in [3.63, 3.8) is 0 Å². The fourth-order valence-electron chi connectivity index (χ4n) is 3.35. The number of hydrogen-bond acceptors (Lipinski definition) is 7. The van der Waals surface area contributed by atoms with Gasteiger partial charge in [0.2, 0.25) is 0 Å². The lowest BCUT2D eigenvalue weighted by Gasteiger charge is -2.22. The van der Waals surface area contributed by atoms with Gasteiger partial charge in [0.05, 0.1) is 4.88 Å². The van der Waals surface area contributed by atoms with Crippen LogP contribution in [-0.2, 0) is 14.3 Å². The Morgan fingerprint density at radius 3 is 2.79 bits per heavy atom. The summed E-state index contributed by atoms with van der Waals surface area (Å²) in [5.74, 6) is -0.0359. The molecule has 3 heterocycles. The predicted molar refractivity (Wildman–Crippen MR) is 105 cm³/mol. The van der Waals surface area contributed by atoms with E-state index in [1.807, 2.05) is 5.38 Å². The summed E-state index contributed by atoms with van der Waals surface area (Å²) in [5, 5.41) is 4.48. The highest BCUT2D eigenvalue weighted by atomic mass is 32.1. The summed E-state index contributed by atoms with van der Waals surface area (Å²) < 4.78 is 16.1. The summed E-state index contributed by atoms with van der Waals surface area (Å²) in [5.41, 5.74) is 0.519. The summed E-state index contributed by atoms with van der Waals surface area (Å²) in [6.07, 6.45) is 1.25. The first-order valence-electron chi connectivity index (χ1n) is 9.32. The molecular weight excluding hydrogens is 396 g/mol. The molecule has 1 saturated heterocycles. The number of ether oxygens (including phenoxy) is 3. The second-order valence-corrected chi connectivity index (χ2v) is 7.60. The molecule has 29 heavy (non-hydrogen) atoms. The third-order valence-electron chi connectivity index (χ3n) is 4.69. The van der Waals surface area contributed by atoms with Gasteiger partial charge in [0.15, 0.2) is 18.1 Å². The largest absolute Gasteiger partial charge is 0.486 e. The van der Waals surface area contributed by atoms with E-state index in [9.17, 15) is 14.4 Å². The van der Waals surface area contributed by atoms with Gasteiger partial charge < -0.3 is 24.4 Å². The molecule has 9 heteroatoms. The van der Waals surface area contributed by atoms with Crippen molar-refractivity contribution in [2.45, 2.75) is 18.9 Å². The average Bonchev–Trinajstić information content (AvgIpc) is 3.43. The summed E-state index contributed by atoms with van der Waals surface area (Å²) in [6, 6.07) is 7.92. The highest BCUT2D eigenvalue weighted by Crippen LogP contribution is 2.32. The third kappa shape index (κ3) is 4.34. The summed E-state index contributed by atoms with van der Waals surface area (Å²) >= 11 is 1.33. The van der Waals surface area contributed by atoms with Crippen LogP contribution in [0.5, 0.6) is 11.5 Å². The normalized spacial score (nSPS) is 17.7. The molecule has 0 bridgehead atoms. The minimum absolute atomic E-state index is 0.180. The van der Waals surface area contributed by atoms with Crippen LogP contribution in [0.1, 0.15) is 22.5 Å². The number of carbonyl (C=O) groups is 3. The number of hydrogen-bond donors (Lipinski definition) is 1. The van der Waals surface area contributed by atoms with E-state index >= 15 is 0 Å². The molecule has 0 saturated carbocycles. The molecule has 0 radical (unpaired) electrons. The first kappa shape index (κ1) is 19.3. The van der Waals surface area contributed by atoms with Crippen LogP contribution in [0.2, 0.25) is 0 Å². The third-order valence-corrected chi connectivity index (χ3v) is 5.55. The number of carbonyl (C=O) groups excluding carboxylic acids is 3. The molecule has 0 spiro atoms. The second-order valence-electron chi connectivity index (χ2n) is 6.65. The molecule has 1 aromatic heterocycles. The Morgan fingerprint density at radius 1 is 1.17 bits per heavy atom. The van der Waals surface area contributed by atoms with Crippen LogP contribution < -0.4 is 14.8 Å². The number of nitrogens with zero attached hydrogens (tertiary/aromatic N) is 1. The van der Waals surface area contributed by atoms with Crippen LogP contribution >= 0.6 is 11.3 Å². The van der Waals surface area contributed by atoms with E-state index in [0.29, 0.717) is 48.2 Å². The van der Waals surface area contributed by atoms with E-state index in [1.165, 1.54) is 16.2 Å². The number of fused-ring (bicyclic) bond motifs is 1. The van der Waals surface area contributed by atoms with Gasteiger partial charge in [0, 0.05) is 18.3 Å². The van der Waals surface area contributed by atoms with E-state index < -0.39 is 24.5 Å². The van der Waals surface area contributed by atoms with Crippen LogP contribution in [0.15, 0.2) is 35.7 Å². The average molecular weight is 416 g/mol. The molecule has 2 aromatic rings. The van der Waals surface area contributed by atoms with Gasteiger partial charge in [0.1, 0.15) is 19.3 Å². The van der Waals surface area contributed by atoms with Crippen molar-refractivity contribution < 1.29 is 28.6 Å². The molecule has 1 atom stereocenters. The van der Waals surface area contributed by atoms with Crippen molar-refractivity contribution in [1.29, 1.82) is 0 Å². The first-order valence-corrected chi connectivity index (χ1v) is 10.2. The molecule has 2 aliphatic rings. The van der Waals surface area contributed by atoms with Crippen LogP contribution in [-0.4, -0.2) is 55.1 Å². The number of thiophene rings is 1. The van der Waals surface area contributed by atoms with Crippen molar-refractivity contribution in [3.05, 3.63) is 40.6 Å². The molecule has 4 rings (SSSR count). The van der Waals surface area contributed by atoms with Gasteiger partial charge >= 0.3 is 5.97 Å². The lowest BCUT2D eigenvalue weighted by atomic mass is 10.2. The molecule has 1 N–H and O–H groups in total. The Balaban J connectivity index is 1.31. The zero-order chi connectivity index (χ0) is 20.2. The Hall–Kier alpha value is -3.07. The Labute approximate surface area is 171 Å². The monoisotopic (exact) mass is 416 g/mol. The molecule has 0 unspecified atom stereocenters. The second kappa shape index (κ2) is 8.52. The van der Waals surface area contributed by atoms with Gasteiger partial charge in [-0.1, -0.05) is 6.07 Å². The van der Waals surface area contributed by atoms with Crippen LogP contribution in [0.25, 0.3) is 0 Å². The summed E-state index contributed by atoms with van der Waals surface area (Å²) in [6.45, 7) is 1.01. The zero-order valence-corrected chi connectivity index (χ0v) is 16.4. The van der Waals surface area contributed by atoms with E-state index in [1.54, 1.807) is 30.3 Å². The van der Waals surface area contributed by atoms with Crippen LogP contribution in [0.3, 0.4) is 0 Å². The lowest BCUT2D eigenvalue weighted by Crippen LogP contribution is -2.41. The number of benzene rings is 1. The fourth-order valence-corrected chi connectivity index (χ4v) is 4.03. The summed E-state index contributed by atoms with van der Waals surface area (Å²) in [4.78, 5) is 39.3. The van der Waals surface area contributed by atoms with Gasteiger partial charge in [0.25, 0.3) is 11.8 Å². The minimum Gasteiger partial charge on any atom is -0.486 e. The highest BCUT2D eigenvalue weighted by molar-refractivity contribution is 7.12. The maximum absolute atomic E-state index is 12.5. The first-order chi connectivity index (χ1) is 14.1. The van der Waals surface area contributed by atoms with E-state index in [4.69, 9.17) is 14.2 Å². The van der Waals surface area contributed by atoms with Crippen molar-refractivity contribution in [1.82, 2.24) is 4.90 Å². The highest BCUT2D eigenvalue weighted by Gasteiger charge is 2.36. The molecule has 0 aliphatic carbocycles. The topological polar surface area (TPSA) is 94.2 Å². The zero-order valence-electron chi connectivity index (χ0n) is 15.6. The number of anilines is 1.